The number of methoxy groups -OCH3 is 1. The van der Waals surface area contributed by atoms with Crippen LogP contribution in [0.5, 0.6) is 5.75 Å². The predicted molar refractivity (Wildman–Crippen MR) is 75.6 cm³/mol. The van der Waals surface area contributed by atoms with Crippen LogP contribution < -0.4 is 10.1 Å². The quantitative estimate of drug-likeness (QED) is 0.855. The summed E-state index contributed by atoms with van der Waals surface area (Å²) >= 11 is 0. The van der Waals surface area contributed by atoms with E-state index in [1.165, 1.54) is 24.8 Å². The zero-order chi connectivity index (χ0) is 13.3. The second kappa shape index (κ2) is 5.14. The third-order valence-corrected chi connectivity index (χ3v) is 4.73. The monoisotopic (exact) mass is 261 g/mol. The van der Waals surface area contributed by atoms with E-state index >= 15 is 0 Å². The van der Waals surface area contributed by atoms with Crippen LogP contribution in [0.2, 0.25) is 0 Å². The maximum atomic E-state index is 10.0. The van der Waals surface area contributed by atoms with Crippen molar-refractivity contribution in [1.29, 1.82) is 0 Å². The first kappa shape index (κ1) is 12.9. The number of nitrogens with one attached hydrogen (secondary N) is 1. The number of hydrogen-bond acceptors (Lipinski definition) is 3. The molecule has 0 aromatic heterocycles. The van der Waals surface area contributed by atoms with Gasteiger partial charge in [-0.15, -0.1) is 0 Å². The van der Waals surface area contributed by atoms with Crippen molar-refractivity contribution in [2.24, 2.45) is 0 Å². The van der Waals surface area contributed by atoms with Crippen molar-refractivity contribution < 1.29 is 9.84 Å². The number of hydrogen-bond donors (Lipinski definition) is 2. The average Bonchev–Trinajstić information content (AvgIpc) is 2.35. The van der Waals surface area contributed by atoms with E-state index in [1.54, 1.807) is 7.11 Å². The first-order valence-corrected chi connectivity index (χ1v) is 7.28. The van der Waals surface area contributed by atoms with Crippen LogP contribution in [0.4, 0.5) is 0 Å². The highest BCUT2D eigenvalue weighted by molar-refractivity contribution is 5.30. The largest absolute Gasteiger partial charge is 0.497 e. The van der Waals surface area contributed by atoms with E-state index in [1.807, 2.05) is 12.1 Å². The van der Waals surface area contributed by atoms with Crippen molar-refractivity contribution in [2.45, 2.75) is 49.7 Å². The highest BCUT2D eigenvalue weighted by atomic mass is 16.5. The second-order valence-electron chi connectivity index (χ2n) is 6.10. The Hall–Kier alpha value is -1.06. The molecule has 1 aromatic rings. The van der Waals surface area contributed by atoms with E-state index in [9.17, 15) is 5.11 Å². The summed E-state index contributed by atoms with van der Waals surface area (Å²) in [5.74, 6) is 1.59. The van der Waals surface area contributed by atoms with Gasteiger partial charge in [0.15, 0.2) is 0 Å². The lowest BCUT2D eigenvalue weighted by molar-refractivity contribution is -0.0354. The molecule has 0 aliphatic heterocycles. The molecule has 0 amide bonds. The summed E-state index contributed by atoms with van der Waals surface area (Å²) in [6, 6.07) is 8.98. The lowest BCUT2D eigenvalue weighted by Gasteiger charge is -2.42. The summed E-state index contributed by atoms with van der Waals surface area (Å²) < 4.78 is 5.18. The predicted octanol–water partition coefficient (Wildman–Crippen LogP) is 2.45. The first-order valence-electron chi connectivity index (χ1n) is 7.28. The van der Waals surface area contributed by atoms with E-state index in [0.29, 0.717) is 12.0 Å². The summed E-state index contributed by atoms with van der Waals surface area (Å²) in [6.07, 6.45) is 5.48. The Morgan fingerprint density at radius 3 is 2.47 bits per heavy atom. The lowest BCUT2D eigenvalue weighted by atomic mass is 9.74. The van der Waals surface area contributed by atoms with Crippen LogP contribution >= 0.6 is 0 Å². The van der Waals surface area contributed by atoms with Crippen molar-refractivity contribution in [2.75, 3.05) is 13.7 Å². The molecule has 104 valence electrons. The van der Waals surface area contributed by atoms with Gasteiger partial charge in [-0.1, -0.05) is 12.1 Å². The van der Waals surface area contributed by atoms with Gasteiger partial charge < -0.3 is 15.2 Å². The molecule has 0 spiro atoms. The Morgan fingerprint density at radius 2 is 1.95 bits per heavy atom. The minimum Gasteiger partial charge on any atom is -0.497 e. The molecule has 0 saturated heterocycles. The fourth-order valence-electron chi connectivity index (χ4n) is 3.03. The molecule has 0 unspecified atom stereocenters. The van der Waals surface area contributed by atoms with Gasteiger partial charge in [0, 0.05) is 12.6 Å². The third-order valence-electron chi connectivity index (χ3n) is 4.73. The molecule has 2 fully saturated rings. The van der Waals surface area contributed by atoms with Gasteiger partial charge in [0.05, 0.1) is 12.7 Å². The molecule has 3 heteroatoms. The highest BCUT2D eigenvalue weighted by Gasteiger charge is 2.37. The first-order chi connectivity index (χ1) is 9.18. The van der Waals surface area contributed by atoms with Crippen LogP contribution in [0, 0.1) is 0 Å². The minimum atomic E-state index is -0.398. The van der Waals surface area contributed by atoms with Crippen LogP contribution in [0.1, 0.15) is 43.6 Å². The van der Waals surface area contributed by atoms with Crippen molar-refractivity contribution in [3.05, 3.63) is 29.8 Å². The SMILES string of the molecule is COc1ccc(C2CC(NCC3(O)CCC3)C2)cc1. The fraction of sp³-hybridized carbons (Fsp3) is 0.625. The topological polar surface area (TPSA) is 41.5 Å². The molecule has 2 N–H and O–H groups in total. The van der Waals surface area contributed by atoms with Gasteiger partial charge >= 0.3 is 0 Å². The standard InChI is InChI=1S/C16H23NO2/c1-19-15-5-3-12(4-6-15)13-9-14(10-13)17-11-16(18)7-2-8-16/h3-6,13-14,17-18H,2,7-11H2,1H3. The summed E-state index contributed by atoms with van der Waals surface area (Å²) in [5.41, 5.74) is 1.01. The Labute approximate surface area is 115 Å². The molecule has 0 heterocycles. The summed E-state index contributed by atoms with van der Waals surface area (Å²) in [7, 11) is 1.70. The zero-order valence-corrected chi connectivity index (χ0v) is 11.6. The summed E-state index contributed by atoms with van der Waals surface area (Å²) in [4.78, 5) is 0. The van der Waals surface area contributed by atoms with Gasteiger partial charge in [0.1, 0.15) is 5.75 Å². The third kappa shape index (κ3) is 2.77. The molecule has 0 atom stereocenters. The Morgan fingerprint density at radius 1 is 1.26 bits per heavy atom. The number of rotatable bonds is 5. The molecule has 2 saturated carbocycles. The molecular formula is C16H23NO2. The van der Waals surface area contributed by atoms with Crippen molar-refractivity contribution in [3.8, 4) is 5.75 Å². The smallest absolute Gasteiger partial charge is 0.118 e. The highest BCUT2D eigenvalue weighted by Crippen LogP contribution is 2.38. The summed E-state index contributed by atoms with van der Waals surface area (Å²) in [5, 5.41) is 13.6. The fourth-order valence-corrected chi connectivity index (χ4v) is 3.03. The van der Waals surface area contributed by atoms with Crippen LogP contribution in [0.3, 0.4) is 0 Å². The van der Waals surface area contributed by atoms with Gasteiger partial charge in [-0.2, -0.15) is 0 Å². The van der Waals surface area contributed by atoms with Crippen molar-refractivity contribution in [3.63, 3.8) is 0 Å². The normalized spacial score (nSPS) is 28.3. The van der Waals surface area contributed by atoms with Gasteiger partial charge in [-0.05, 0) is 55.7 Å². The Kier molecular flexibility index (Phi) is 3.50. The van der Waals surface area contributed by atoms with E-state index < -0.39 is 5.60 Å². The van der Waals surface area contributed by atoms with Gasteiger partial charge in [0.25, 0.3) is 0 Å². The second-order valence-corrected chi connectivity index (χ2v) is 6.10. The van der Waals surface area contributed by atoms with Crippen LogP contribution in [-0.2, 0) is 0 Å². The number of benzene rings is 1. The van der Waals surface area contributed by atoms with Gasteiger partial charge in [0.2, 0.25) is 0 Å². The van der Waals surface area contributed by atoms with Crippen LogP contribution in [0.25, 0.3) is 0 Å². The maximum Gasteiger partial charge on any atom is 0.118 e. The lowest BCUT2D eigenvalue weighted by Crippen LogP contribution is -2.51. The summed E-state index contributed by atoms with van der Waals surface area (Å²) in [6.45, 7) is 0.771. The minimum absolute atomic E-state index is 0.398. The molecule has 0 radical (unpaired) electrons. The van der Waals surface area contributed by atoms with Crippen LogP contribution in [-0.4, -0.2) is 30.4 Å². The van der Waals surface area contributed by atoms with Gasteiger partial charge in [-0.3, -0.25) is 0 Å². The van der Waals surface area contributed by atoms with E-state index in [0.717, 1.165) is 25.1 Å². The van der Waals surface area contributed by atoms with E-state index in [4.69, 9.17) is 4.74 Å². The van der Waals surface area contributed by atoms with E-state index in [2.05, 4.69) is 17.4 Å². The Bertz CT molecular complexity index is 419. The van der Waals surface area contributed by atoms with E-state index in [-0.39, 0.29) is 0 Å². The molecule has 3 nitrogen and oxygen atoms in total. The van der Waals surface area contributed by atoms with Crippen molar-refractivity contribution >= 4 is 0 Å². The maximum absolute atomic E-state index is 10.0. The van der Waals surface area contributed by atoms with Gasteiger partial charge in [-0.25, -0.2) is 0 Å². The average molecular weight is 261 g/mol. The molecule has 3 rings (SSSR count). The zero-order valence-electron chi connectivity index (χ0n) is 11.6. The molecule has 2 aliphatic carbocycles. The molecule has 1 aromatic carbocycles. The number of aliphatic hydroxyl groups is 1. The number of ether oxygens (including phenoxy) is 1. The van der Waals surface area contributed by atoms with Crippen molar-refractivity contribution in [1.82, 2.24) is 5.32 Å². The molecule has 0 bridgehead atoms. The molecule has 2 aliphatic rings. The van der Waals surface area contributed by atoms with Crippen LogP contribution in [0.15, 0.2) is 24.3 Å². The molecule has 19 heavy (non-hydrogen) atoms. The molecular weight excluding hydrogens is 238 g/mol. The Balaban J connectivity index is 1.44.